The summed E-state index contributed by atoms with van der Waals surface area (Å²) in [6, 6.07) is 11.7. The largest absolute Gasteiger partial charge is 0.416 e. The molecule has 0 unspecified atom stereocenters. The van der Waals surface area contributed by atoms with Crippen molar-refractivity contribution in [2.75, 3.05) is 32.7 Å². The molecule has 1 amide bonds. The second kappa shape index (κ2) is 11.4. The standard InChI is InChI=1S/C27H34F3N3O2/c1-26(2,3)32-17-24(34)18-33-12-10-19(11-13-33)16-31-25(35)22-8-4-6-20(14-22)21-7-5-9-23(15-21)27(28,29)30/h4-9,14-15,19,32H,10-13,16-18H2,1-3H3,(H,31,35). The van der Waals surface area contributed by atoms with Gasteiger partial charge in [-0.3, -0.25) is 14.5 Å². The summed E-state index contributed by atoms with van der Waals surface area (Å²) in [6.07, 6.45) is -2.63. The second-order valence-electron chi connectivity index (χ2n) is 10.2. The van der Waals surface area contributed by atoms with Crippen LogP contribution in [0.25, 0.3) is 11.1 Å². The zero-order chi connectivity index (χ0) is 25.6. The summed E-state index contributed by atoms with van der Waals surface area (Å²) in [5.41, 5.74) is 0.572. The van der Waals surface area contributed by atoms with E-state index in [2.05, 4.69) is 15.5 Å². The highest BCUT2D eigenvalue weighted by molar-refractivity contribution is 5.95. The smallest absolute Gasteiger partial charge is 0.352 e. The van der Waals surface area contributed by atoms with Crippen LogP contribution < -0.4 is 10.6 Å². The highest BCUT2D eigenvalue weighted by Gasteiger charge is 2.30. The molecule has 1 saturated heterocycles. The Labute approximate surface area is 205 Å². The van der Waals surface area contributed by atoms with Crippen molar-refractivity contribution >= 4 is 11.7 Å². The number of piperidine rings is 1. The normalized spacial score (nSPS) is 15.7. The van der Waals surface area contributed by atoms with Crippen molar-refractivity contribution in [1.82, 2.24) is 15.5 Å². The van der Waals surface area contributed by atoms with Crippen LogP contribution in [0.1, 0.15) is 49.5 Å². The Bertz CT molecular complexity index is 1020. The molecule has 0 radical (unpaired) electrons. The van der Waals surface area contributed by atoms with Gasteiger partial charge in [0.05, 0.1) is 18.7 Å². The van der Waals surface area contributed by atoms with E-state index in [9.17, 15) is 22.8 Å². The Morgan fingerprint density at radius 2 is 1.60 bits per heavy atom. The van der Waals surface area contributed by atoms with E-state index in [0.717, 1.165) is 38.1 Å². The van der Waals surface area contributed by atoms with E-state index in [1.807, 2.05) is 20.8 Å². The molecule has 35 heavy (non-hydrogen) atoms. The number of likely N-dealkylation sites (tertiary alicyclic amines) is 1. The van der Waals surface area contributed by atoms with Crippen LogP contribution in [0, 0.1) is 5.92 Å². The van der Waals surface area contributed by atoms with Crippen molar-refractivity contribution in [3.05, 3.63) is 59.7 Å². The van der Waals surface area contributed by atoms with Gasteiger partial charge in [-0.2, -0.15) is 13.2 Å². The highest BCUT2D eigenvalue weighted by atomic mass is 19.4. The number of carbonyl (C=O) groups excluding carboxylic acids is 2. The fourth-order valence-electron chi connectivity index (χ4n) is 4.07. The summed E-state index contributed by atoms with van der Waals surface area (Å²) < 4.78 is 39.1. The number of hydrogen-bond donors (Lipinski definition) is 2. The molecule has 190 valence electrons. The van der Waals surface area contributed by atoms with Gasteiger partial charge in [-0.1, -0.05) is 24.3 Å². The number of hydrogen-bond acceptors (Lipinski definition) is 4. The Morgan fingerprint density at radius 3 is 2.23 bits per heavy atom. The first-order valence-corrected chi connectivity index (χ1v) is 12.0. The van der Waals surface area contributed by atoms with E-state index < -0.39 is 11.7 Å². The molecule has 1 aliphatic heterocycles. The molecular weight excluding hydrogens is 455 g/mol. The molecule has 0 saturated carbocycles. The SMILES string of the molecule is CC(C)(C)NCC(=O)CN1CCC(CNC(=O)c2cccc(-c3cccc(C(F)(F)F)c3)c2)CC1. The second-order valence-corrected chi connectivity index (χ2v) is 10.2. The van der Waals surface area contributed by atoms with Gasteiger partial charge >= 0.3 is 6.18 Å². The van der Waals surface area contributed by atoms with Crippen molar-refractivity contribution < 1.29 is 22.8 Å². The molecule has 1 aliphatic rings. The minimum absolute atomic E-state index is 0.0898. The summed E-state index contributed by atoms with van der Waals surface area (Å²) in [6.45, 7) is 9.04. The summed E-state index contributed by atoms with van der Waals surface area (Å²) in [4.78, 5) is 27.1. The number of alkyl halides is 3. The van der Waals surface area contributed by atoms with E-state index in [0.29, 0.717) is 42.2 Å². The van der Waals surface area contributed by atoms with Crippen molar-refractivity contribution in [3.63, 3.8) is 0 Å². The first-order chi connectivity index (χ1) is 16.4. The molecular formula is C27H34F3N3O2. The van der Waals surface area contributed by atoms with Crippen LogP contribution in [0.2, 0.25) is 0 Å². The van der Waals surface area contributed by atoms with Gasteiger partial charge in [-0.25, -0.2) is 0 Å². The molecule has 2 N–H and O–H groups in total. The van der Waals surface area contributed by atoms with Crippen molar-refractivity contribution in [2.45, 2.75) is 45.3 Å². The van der Waals surface area contributed by atoms with Gasteiger partial charge in [0.2, 0.25) is 0 Å². The molecule has 0 spiro atoms. The van der Waals surface area contributed by atoms with Crippen LogP contribution in [0.4, 0.5) is 13.2 Å². The van der Waals surface area contributed by atoms with Gasteiger partial charge in [-0.05, 0) is 88.0 Å². The molecule has 5 nitrogen and oxygen atoms in total. The molecule has 1 heterocycles. The Hall–Kier alpha value is -2.71. The lowest BCUT2D eigenvalue weighted by molar-refractivity contribution is -0.137. The van der Waals surface area contributed by atoms with Gasteiger partial charge in [0.25, 0.3) is 5.91 Å². The number of Topliss-reactive ketones (excluding diaryl/α,β-unsaturated/α-hetero) is 1. The third-order valence-corrected chi connectivity index (χ3v) is 6.12. The molecule has 0 aliphatic carbocycles. The predicted octanol–water partition coefficient (Wildman–Crippen LogP) is 4.77. The molecule has 8 heteroatoms. The lowest BCUT2D eigenvalue weighted by Gasteiger charge is -2.31. The van der Waals surface area contributed by atoms with Gasteiger partial charge in [-0.15, -0.1) is 0 Å². The minimum Gasteiger partial charge on any atom is -0.352 e. The first kappa shape index (κ1) is 26.9. The Kier molecular flexibility index (Phi) is 8.72. The maximum atomic E-state index is 13.0. The van der Waals surface area contributed by atoms with Gasteiger partial charge in [0.15, 0.2) is 5.78 Å². The Balaban J connectivity index is 1.48. The molecule has 0 atom stereocenters. The number of carbonyl (C=O) groups is 2. The Morgan fingerprint density at radius 1 is 0.971 bits per heavy atom. The lowest BCUT2D eigenvalue weighted by Crippen LogP contribution is -2.45. The fourth-order valence-corrected chi connectivity index (χ4v) is 4.07. The van der Waals surface area contributed by atoms with Gasteiger partial charge in [0, 0.05) is 17.6 Å². The quantitative estimate of drug-likeness (QED) is 0.561. The van der Waals surface area contributed by atoms with Crippen LogP contribution in [0.3, 0.4) is 0 Å². The molecule has 2 aromatic carbocycles. The number of nitrogens with one attached hydrogen (secondary N) is 2. The summed E-state index contributed by atoms with van der Waals surface area (Å²) in [7, 11) is 0. The summed E-state index contributed by atoms with van der Waals surface area (Å²) in [5.74, 6) is 0.252. The van der Waals surface area contributed by atoms with E-state index in [-0.39, 0.29) is 17.2 Å². The number of amides is 1. The van der Waals surface area contributed by atoms with Crippen LogP contribution in [0.5, 0.6) is 0 Å². The summed E-state index contributed by atoms with van der Waals surface area (Å²) in [5, 5.41) is 6.18. The first-order valence-electron chi connectivity index (χ1n) is 12.0. The van der Waals surface area contributed by atoms with Crippen LogP contribution in [-0.2, 0) is 11.0 Å². The number of nitrogens with zero attached hydrogens (tertiary/aromatic N) is 1. The van der Waals surface area contributed by atoms with Gasteiger partial charge in [0.1, 0.15) is 0 Å². The van der Waals surface area contributed by atoms with Crippen molar-refractivity contribution in [3.8, 4) is 11.1 Å². The highest BCUT2D eigenvalue weighted by Crippen LogP contribution is 2.32. The number of ketones is 1. The third-order valence-electron chi connectivity index (χ3n) is 6.12. The van der Waals surface area contributed by atoms with E-state index in [4.69, 9.17) is 0 Å². The zero-order valence-corrected chi connectivity index (χ0v) is 20.5. The van der Waals surface area contributed by atoms with Gasteiger partial charge < -0.3 is 10.6 Å². The molecule has 3 rings (SSSR count). The molecule has 0 bridgehead atoms. The van der Waals surface area contributed by atoms with E-state index in [1.165, 1.54) is 6.07 Å². The van der Waals surface area contributed by atoms with Crippen molar-refractivity contribution in [2.24, 2.45) is 5.92 Å². The fraction of sp³-hybridized carbons (Fsp3) is 0.481. The average Bonchev–Trinajstić information content (AvgIpc) is 2.81. The summed E-state index contributed by atoms with van der Waals surface area (Å²) >= 11 is 0. The van der Waals surface area contributed by atoms with Crippen molar-refractivity contribution in [1.29, 1.82) is 0 Å². The van der Waals surface area contributed by atoms with E-state index in [1.54, 1.807) is 30.3 Å². The molecule has 0 aromatic heterocycles. The average molecular weight is 490 g/mol. The molecule has 2 aromatic rings. The number of rotatable bonds is 8. The lowest BCUT2D eigenvalue weighted by atomic mass is 9.96. The van der Waals surface area contributed by atoms with Crippen LogP contribution >= 0.6 is 0 Å². The maximum absolute atomic E-state index is 13.0. The monoisotopic (exact) mass is 489 g/mol. The number of halogens is 3. The predicted molar refractivity (Wildman–Crippen MR) is 131 cm³/mol. The van der Waals surface area contributed by atoms with Crippen LogP contribution in [-0.4, -0.2) is 54.9 Å². The number of benzene rings is 2. The topological polar surface area (TPSA) is 61.4 Å². The minimum atomic E-state index is -4.42. The van der Waals surface area contributed by atoms with Crippen LogP contribution in [0.15, 0.2) is 48.5 Å². The van der Waals surface area contributed by atoms with E-state index >= 15 is 0 Å². The third kappa shape index (κ3) is 8.47. The maximum Gasteiger partial charge on any atom is 0.416 e. The molecule has 1 fully saturated rings. The zero-order valence-electron chi connectivity index (χ0n) is 20.5.